The normalized spacial score (nSPS) is 11.3. The zero-order chi connectivity index (χ0) is 15.9. The van der Waals surface area contributed by atoms with Crippen molar-refractivity contribution in [2.45, 2.75) is 19.6 Å². The minimum Gasteiger partial charge on any atom is -0.479 e. The van der Waals surface area contributed by atoms with E-state index in [4.69, 9.17) is 14.7 Å². The minimum absolute atomic E-state index is 0.0610. The molecule has 2 aromatic rings. The van der Waals surface area contributed by atoms with Crippen LogP contribution in [-0.4, -0.2) is 12.1 Å². The van der Waals surface area contributed by atoms with E-state index >= 15 is 0 Å². The van der Waals surface area contributed by atoms with Crippen molar-refractivity contribution in [3.8, 4) is 11.8 Å². The highest BCUT2D eigenvalue weighted by atomic mass is 19.1. The van der Waals surface area contributed by atoms with Crippen LogP contribution in [0.4, 0.5) is 4.39 Å². The third-order valence-corrected chi connectivity index (χ3v) is 2.90. The molecule has 0 aromatic heterocycles. The standard InChI is InChI=1S/C17H14FNO3/c1-12(22-16-7-5-15(18)6-8-16)17(20)21-11-14-4-2-3-13(9-14)10-19/h2-9,12H,11H2,1H3/t12-/m0/s1. The van der Waals surface area contributed by atoms with Crippen LogP contribution in [0, 0.1) is 17.1 Å². The molecule has 0 saturated carbocycles. The van der Waals surface area contributed by atoms with Crippen LogP contribution >= 0.6 is 0 Å². The minimum atomic E-state index is -0.815. The molecule has 112 valence electrons. The molecule has 1 atom stereocenters. The van der Waals surface area contributed by atoms with Crippen molar-refractivity contribution in [2.75, 3.05) is 0 Å². The number of carbonyl (C=O) groups is 1. The Morgan fingerprint density at radius 1 is 1.27 bits per heavy atom. The van der Waals surface area contributed by atoms with E-state index in [1.54, 1.807) is 31.2 Å². The van der Waals surface area contributed by atoms with Gasteiger partial charge in [-0.15, -0.1) is 0 Å². The summed E-state index contributed by atoms with van der Waals surface area (Å²) in [5, 5.41) is 8.81. The Balaban J connectivity index is 1.88. The van der Waals surface area contributed by atoms with Crippen molar-refractivity contribution in [3.05, 3.63) is 65.5 Å². The van der Waals surface area contributed by atoms with E-state index in [0.717, 1.165) is 5.56 Å². The monoisotopic (exact) mass is 299 g/mol. The van der Waals surface area contributed by atoms with Crippen LogP contribution in [0.25, 0.3) is 0 Å². The summed E-state index contributed by atoms with van der Waals surface area (Å²) >= 11 is 0. The zero-order valence-electron chi connectivity index (χ0n) is 12.0. The summed E-state index contributed by atoms with van der Waals surface area (Å²) in [6.07, 6.45) is -0.815. The van der Waals surface area contributed by atoms with Crippen LogP contribution in [0.1, 0.15) is 18.1 Å². The lowest BCUT2D eigenvalue weighted by Gasteiger charge is -2.14. The van der Waals surface area contributed by atoms with Gasteiger partial charge in [0.15, 0.2) is 6.10 Å². The molecule has 0 heterocycles. The number of halogens is 1. The van der Waals surface area contributed by atoms with Crippen LogP contribution in [-0.2, 0) is 16.1 Å². The van der Waals surface area contributed by atoms with Crippen LogP contribution in [0.5, 0.6) is 5.75 Å². The second-order valence-electron chi connectivity index (χ2n) is 4.63. The highest BCUT2D eigenvalue weighted by Crippen LogP contribution is 2.14. The van der Waals surface area contributed by atoms with Gasteiger partial charge >= 0.3 is 5.97 Å². The molecule has 0 aliphatic carbocycles. The number of ether oxygens (including phenoxy) is 2. The molecule has 0 aliphatic heterocycles. The number of benzene rings is 2. The Morgan fingerprint density at radius 2 is 2.00 bits per heavy atom. The molecule has 2 aromatic carbocycles. The SMILES string of the molecule is C[C@H](Oc1ccc(F)cc1)C(=O)OCc1cccc(C#N)c1. The lowest BCUT2D eigenvalue weighted by Crippen LogP contribution is -2.26. The smallest absolute Gasteiger partial charge is 0.347 e. The molecule has 0 spiro atoms. The first-order valence-corrected chi connectivity index (χ1v) is 6.66. The molecule has 0 amide bonds. The average molecular weight is 299 g/mol. The van der Waals surface area contributed by atoms with E-state index in [0.29, 0.717) is 11.3 Å². The van der Waals surface area contributed by atoms with Crippen molar-refractivity contribution in [2.24, 2.45) is 0 Å². The zero-order valence-corrected chi connectivity index (χ0v) is 12.0. The lowest BCUT2D eigenvalue weighted by molar-refractivity contribution is -0.152. The topological polar surface area (TPSA) is 59.3 Å². The maximum absolute atomic E-state index is 12.8. The second-order valence-corrected chi connectivity index (χ2v) is 4.63. The Labute approximate surface area is 127 Å². The lowest BCUT2D eigenvalue weighted by atomic mass is 10.1. The number of hydrogen-bond donors (Lipinski definition) is 0. The van der Waals surface area contributed by atoms with E-state index in [1.165, 1.54) is 24.3 Å². The molecule has 0 unspecified atom stereocenters. The van der Waals surface area contributed by atoms with Crippen molar-refractivity contribution in [1.29, 1.82) is 5.26 Å². The van der Waals surface area contributed by atoms with Gasteiger partial charge in [-0.3, -0.25) is 0 Å². The highest BCUT2D eigenvalue weighted by Gasteiger charge is 2.16. The summed E-state index contributed by atoms with van der Waals surface area (Å²) in [5.41, 5.74) is 1.23. The van der Waals surface area contributed by atoms with Crippen LogP contribution in [0.2, 0.25) is 0 Å². The summed E-state index contributed by atoms with van der Waals surface area (Å²) < 4.78 is 23.3. The quantitative estimate of drug-likeness (QED) is 0.795. The molecule has 2 rings (SSSR count). The molecule has 0 radical (unpaired) electrons. The fourth-order valence-corrected chi connectivity index (χ4v) is 1.77. The molecule has 0 N–H and O–H groups in total. The second kappa shape index (κ2) is 7.23. The summed E-state index contributed by atoms with van der Waals surface area (Å²) in [7, 11) is 0. The van der Waals surface area contributed by atoms with Crippen molar-refractivity contribution in [3.63, 3.8) is 0 Å². The maximum Gasteiger partial charge on any atom is 0.347 e. The van der Waals surface area contributed by atoms with Gasteiger partial charge in [0.2, 0.25) is 0 Å². The summed E-state index contributed by atoms with van der Waals surface area (Å²) in [5.74, 6) is -0.524. The van der Waals surface area contributed by atoms with Crippen molar-refractivity contribution in [1.82, 2.24) is 0 Å². The predicted molar refractivity (Wildman–Crippen MR) is 77.4 cm³/mol. The molecular formula is C17H14FNO3. The number of nitrogens with zero attached hydrogens (tertiary/aromatic N) is 1. The number of esters is 1. The van der Waals surface area contributed by atoms with Gasteiger partial charge in [-0.05, 0) is 48.9 Å². The van der Waals surface area contributed by atoms with E-state index in [9.17, 15) is 9.18 Å². The predicted octanol–water partition coefficient (Wildman–Crippen LogP) is 3.21. The highest BCUT2D eigenvalue weighted by molar-refractivity contribution is 5.74. The largest absolute Gasteiger partial charge is 0.479 e. The molecular weight excluding hydrogens is 285 g/mol. The molecule has 0 fully saturated rings. The Morgan fingerprint density at radius 3 is 2.68 bits per heavy atom. The first-order valence-electron chi connectivity index (χ1n) is 6.66. The number of hydrogen-bond acceptors (Lipinski definition) is 4. The molecule has 4 nitrogen and oxygen atoms in total. The van der Waals surface area contributed by atoms with Crippen molar-refractivity contribution < 1.29 is 18.7 Å². The van der Waals surface area contributed by atoms with E-state index in [2.05, 4.69) is 0 Å². The first kappa shape index (κ1) is 15.5. The third-order valence-electron chi connectivity index (χ3n) is 2.90. The van der Waals surface area contributed by atoms with Crippen molar-refractivity contribution >= 4 is 5.97 Å². The van der Waals surface area contributed by atoms with E-state index in [1.807, 2.05) is 6.07 Å². The number of carbonyl (C=O) groups excluding carboxylic acids is 1. The van der Waals surface area contributed by atoms with Gasteiger partial charge in [0.05, 0.1) is 11.6 Å². The van der Waals surface area contributed by atoms with Gasteiger partial charge in [0, 0.05) is 0 Å². The van der Waals surface area contributed by atoms with Gasteiger partial charge < -0.3 is 9.47 Å². The van der Waals surface area contributed by atoms with Gasteiger partial charge in [0.1, 0.15) is 18.2 Å². The number of nitriles is 1. The Kier molecular flexibility index (Phi) is 5.10. The van der Waals surface area contributed by atoms with Gasteiger partial charge in [-0.25, -0.2) is 9.18 Å². The summed E-state index contributed by atoms with van der Waals surface area (Å²) in [4.78, 5) is 11.9. The first-order chi connectivity index (χ1) is 10.6. The third kappa shape index (κ3) is 4.32. The number of rotatable bonds is 5. The molecule has 5 heteroatoms. The average Bonchev–Trinajstić information content (AvgIpc) is 2.54. The molecule has 0 aliphatic rings. The summed E-state index contributed by atoms with van der Waals surface area (Å²) in [6.45, 7) is 1.61. The summed E-state index contributed by atoms with van der Waals surface area (Å²) in [6, 6.07) is 14.2. The molecule has 0 bridgehead atoms. The maximum atomic E-state index is 12.8. The molecule has 0 saturated heterocycles. The van der Waals surface area contributed by atoms with Crippen LogP contribution in [0.15, 0.2) is 48.5 Å². The Bertz CT molecular complexity index is 692. The fourth-order valence-electron chi connectivity index (χ4n) is 1.77. The van der Waals surface area contributed by atoms with Gasteiger partial charge in [-0.2, -0.15) is 5.26 Å². The fraction of sp³-hybridized carbons (Fsp3) is 0.176. The van der Waals surface area contributed by atoms with E-state index < -0.39 is 12.1 Å². The van der Waals surface area contributed by atoms with Crippen LogP contribution < -0.4 is 4.74 Å². The Hall–Kier alpha value is -2.87. The van der Waals surface area contributed by atoms with Gasteiger partial charge in [0.25, 0.3) is 0 Å². The van der Waals surface area contributed by atoms with Crippen LogP contribution in [0.3, 0.4) is 0 Å². The van der Waals surface area contributed by atoms with Gasteiger partial charge in [-0.1, -0.05) is 12.1 Å². The van der Waals surface area contributed by atoms with E-state index in [-0.39, 0.29) is 12.4 Å². The molecule has 22 heavy (non-hydrogen) atoms.